The van der Waals surface area contributed by atoms with E-state index < -0.39 is 0 Å². The van der Waals surface area contributed by atoms with Crippen molar-refractivity contribution in [3.8, 4) is 0 Å². The largest absolute Gasteiger partial charge is 0.377 e. The van der Waals surface area contributed by atoms with E-state index in [1.54, 1.807) is 6.07 Å². The highest BCUT2D eigenvalue weighted by molar-refractivity contribution is 5.46. The van der Waals surface area contributed by atoms with Crippen LogP contribution in [0.2, 0.25) is 0 Å². The molecule has 0 aliphatic rings. The molecule has 0 radical (unpaired) electrons. The minimum absolute atomic E-state index is 0.214. The molecule has 0 aliphatic heterocycles. The van der Waals surface area contributed by atoms with Crippen LogP contribution in [-0.4, -0.2) is 9.78 Å². The van der Waals surface area contributed by atoms with Crippen molar-refractivity contribution in [2.24, 2.45) is 0 Å². The van der Waals surface area contributed by atoms with E-state index in [0.717, 1.165) is 23.5 Å². The minimum atomic E-state index is -0.214. The highest BCUT2D eigenvalue weighted by Gasteiger charge is 2.06. The lowest BCUT2D eigenvalue weighted by atomic mass is 10.2. The summed E-state index contributed by atoms with van der Waals surface area (Å²) >= 11 is 0. The van der Waals surface area contributed by atoms with E-state index in [-0.39, 0.29) is 5.82 Å². The summed E-state index contributed by atoms with van der Waals surface area (Å²) in [6.07, 6.45) is 0. The molecule has 0 amide bonds. The first-order valence-corrected chi connectivity index (χ1v) is 6.13. The number of anilines is 1. The zero-order valence-electron chi connectivity index (χ0n) is 11.0. The molecule has 0 bridgehead atoms. The van der Waals surface area contributed by atoms with Crippen LogP contribution in [0.3, 0.4) is 0 Å². The summed E-state index contributed by atoms with van der Waals surface area (Å²) in [5.74, 6) is -0.214. The molecule has 1 N–H and O–H groups in total. The van der Waals surface area contributed by atoms with Gasteiger partial charge in [0.2, 0.25) is 0 Å². The molecule has 4 heteroatoms. The second-order valence-electron chi connectivity index (χ2n) is 4.43. The Kier molecular flexibility index (Phi) is 3.65. The summed E-state index contributed by atoms with van der Waals surface area (Å²) in [7, 11) is 0. The Morgan fingerprint density at radius 2 is 2.06 bits per heavy atom. The monoisotopic (exact) mass is 247 g/mol. The standard InChI is InChI=1S/C14H18FN3/c1-4-18-12(8-11(3)17-18)9-16-14-6-5-10(2)7-13(14)15/h5-8,16H,4,9H2,1-3H3. The van der Waals surface area contributed by atoms with Crippen molar-refractivity contribution >= 4 is 5.69 Å². The Morgan fingerprint density at radius 1 is 1.28 bits per heavy atom. The van der Waals surface area contributed by atoms with Crippen molar-refractivity contribution in [1.29, 1.82) is 0 Å². The fraction of sp³-hybridized carbons (Fsp3) is 0.357. The number of rotatable bonds is 4. The lowest BCUT2D eigenvalue weighted by Gasteiger charge is -2.09. The average molecular weight is 247 g/mol. The third kappa shape index (κ3) is 2.70. The lowest BCUT2D eigenvalue weighted by molar-refractivity contribution is 0.616. The fourth-order valence-corrected chi connectivity index (χ4v) is 1.96. The van der Waals surface area contributed by atoms with Gasteiger partial charge in [0.15, 0.2) is 0 Å². The number of nitrogens with zero attached hydrogens (tertiary/aromatic N) is 2. The van der Waals surface area contributed by atoms with E-state index in [1.165, 1.54) is 6.07 Å². The van der Waals surface area contributed by atoms with Gasteiger partial charge in [-0.25, -0.2) is 4.39 Å². The highest BCUT2D eigenvalue weighted by Crippen LogP contribution is 2.16. The topological polar surface area (TPSA) is 29.9 Å². The molecule has 0 saturated carbocycles. The molecular weight excluding hydrogens is 229 g/mol. The van der Waals surface area contributed by atoms with Gasteiger partial charge in [-0.15, -0.1) is 0 Å². The van der Waals surface area contributed by atoms with E-state index in [4.69, 9.17) is 0 Å². The maximum atomic E-state index is 13.7. The molecular formula is C14H18FN3. The number of halogens is 1. The van der Waals surface area contributed by atoms with Gasteiger partial charge in [0.05, 0.1) is 23.6 Å². The van der Waals surface area contributed by atoms with Gasteiger partial charge in [0.25, 0.3) is 0 Å². The molecule has 96 valence electrons. The lowest BCUT2D eigenvalue weighted by Crippen LogP contribution is -2.08. The first kappa shape index (κ1) is 12.6. The molecule has 2 aromatic rings. The van der Waals surface area contributed by atoms with Crippen LogP contribution >= 0.6 is 0 Å². The first-order valence-electron chi connectivity index (χ1n) is 6.13. The fourth-order valence-electron chi connectivity index (χ4n) is 1.96. The Labute approximate surface area is 107 Å². The van der Waals surface area contributed by atoms with Crippen LogP contribution < -0.4 is 5.32 Å². The SMILES string of the molecule is CCn1nc(C)cc1CNc1ccc(C)cc1F. The van der Waals surface area contributed by atoms with Gasteiger partial charge >= 0.3 is 0 Å². The van der Waals surface area contributed by atoms with Crippen molar-refractivity contribution in [3.05, 3.63) is 47.0 Å². The summed E-state index contributed by atoms with van der Waals surface area (Å²) in [5, 5.41) is 7.47. The highest BCUT2D eigenvalue weighted by atomic mass is 19.1. The van der Waals surface area contributed by atoms with Crippen LogP contribution in [0.1, 0.15) is 23.9 Å². The van der Waals surface area contributed by atoms with Crippen molar-refractivity contribution in [2.45, 2.75) is 33.9 Å². The van der Waals surface area contributed by atoms with E-state index in [9.17, 15) is 4.39 Å². The van der Waals surface area contributed by atoms with E-state index >= 15 is 0 Å². The molecule has 0 fully saturated rings. The smallest absolute Gasteiger partial charge is 0.146 e. The van der Waals surface area contributed by atoms with E-state index in [2.05, 4.69) is 10.4 Å². The number of aromatic nitrogens is 2. The quantitative estimate of drug-likeness (QED) is 0.898. The van der Waals surface area contributed by atoms with Crippen LogP contribution in [0, 0.1) is 19.7 Å². The normalized spacial score (nSPS) is 10.7. The Balaban J connectivity index is 2.11. The third-order valence-electron chi connectivity index (χ3n) is 2.87. The summed E-state index contributed by atoms with van der Waals surface area (Å²) in [6.45, 7) is 7.28. The molecule has 2 rings (SSSR count). The van der Waals surface area contributed by atoms with Gasteiger partial charge in [0, 0.05) is 6.54 Å². The second-order valence-corrected chi connectivity index (χ2v) is 4.43. The summed E-state index contributed by atoms with van der Waals surface area (Å²) in [6, 6.07) is 7.21. The number of hydrogen-bond acceptors (Lipinski definition) is 2. The average Bonchev–Trinajstić information content (AvgIpc) is 2.68. The summed E-state index contributed by atoms with van der Waals surface area (Å²) in [4.78, 5) is 0. The van der Waals surface area contributed by atoms with Crippen molar-refractivity contribution < 1.29 is 4.39 Å². The molecule has 18 heavy (non-hydrogen) atoms. The maximum Gasteiger partial charge on any atom is 0.146 e. The Bertz CT molecular complexity index is 546. The second kappa shape index (κ2) is 5.21. The van der Waals surface area contributed by atoms with Gasteiger partial charge in [-0.3, -0.25) is 4.68 Å². The van der Waals surface area contributed by atoms with Crippen molar-refractivity contribution in [3.63, 3.8) is 0 Å². The van der Waals surface area contributed by atoms with Crippen LogP contribution in [-0.2, 0) is 13.1 Å². The van der Waals surface area contributed by atoms with Crippen molar-refractivity contribution in [2.75, 3.05) is 5.32 Å². The van der Waals surface area contributed by atoms with Crippen LogP contribution in [0.15, 0.2) is 24.3 Å². The molecule has 1 heterocycles. The van der Waals surface area contributed by atoms with Gasteiger partial charge in [-0.05, 0) is 44.5 Å². The van der Waals surface area contributed by atoms with Crippen LogP contribution in [0.5, 0.6) is 0 Å². The van der Waals surface area contributed by atoms with E-state index in [1.807, 2.05) is 37.6 Å². The number of nitrogens with one attached hydrogen (secondary N) is 1. The van der Waals surface area contributed by atoms with Crippen LogP contribution in [0.4, 0.5) is 10.1 Å². The number of hydrogen-bond donors (Lipinski definition) is 1. The zero-order chi connectivity index (χ0) is 13.1. The van der Waals surface area contributed by atoms with Crippen molar-refractivity contribution in [1.82, 2.24) is 9.78 Å². The summed E-state index contributed by atoms with van der Waals surface area (Å²) in [5.41, 5.74) is 3.50. The van der Waals surface area contributed by atoms with E-state index in [0.29, 0.717) is 12.2 Å². The predicted octanol–water partition coefficient (Wildman–Crippen LogP) is 3.27. The van der Waals surface area contributed by atoms with Crippen LogP contribution in [0.25, 0.3) is 0 Å². The molecule has 0 spiro atoms. The minimum Gasteiger partial charge on any atom is -0.377 e. The number of aryl methyl sites for hydroxylation is 3. The third-order valence-corrected chi connectivity index (χ3v) is 2.87. The van der Waals surface area contributed by atoms with Gasteiger partial charge in [-0.2, -0.15) is 5.10 Å². The molecule has 0 saturated heterocycles. The molecule has 0 aliphatic carbocycles. The molecule has 1 aromatic heterocycles. The summed E-state index contributed by atoms with van der Waals surface area (Å²) < 4.78 is 15.6. The first-order chi connectivity index (χ1) is 8.60. The van der Waals surface area contributed by atoms with Gasteiger partial charge in [0.1, 0.15) is 5.82 Å². The Morgan fingerprint density at radius 3 is 2.72 bits per heavy atom. The molecule has 1 aromatic carbocycles. The maximum absolute atomic E-state index is 13.7. The molecule has 0 unspecified atom stereocenters. The Hall–Kier alpha value is -1.84. The number of benzene rings is 1. The molecule has 3 nitrogen and oxygen atoms in total. The zero-order valence-corrected chi connectivity index (χ0v) is 11.0. The predicted molar refractivity (Wildman–Crippen MR) is 71.1 cm³/mol. The molecule has 0 atom stereocenters. The van der Waals surface area contributed by atoms with Gasteiger partial charge in [-0.1, -0.05) is 6.07 Å². The van der Waals surface area contributed by atoms with Gasteiger partial charge < -0.3 is 5.32 Å².